The molecule has 0 radical (unpaired) electrons. The summed E-state index contributed by atoms with van der Waals surface area (Å²) < 4.78 is 10.1. The molecule has 0 unspecified atom stereocenters. The van der Waals surface area contributed by atoms with Crippen molar-refractivity contribution in [3.8, 4) is 0 Å². The molecule has 0 aromatic heterocycles. The Kier molecular flexibility index (Phi) is 7.10. The Bertz CT molecular complexity index is 226. The minimum atomic E-state index is -0.973. The molecular weight excluding hydrogens is 226 g/mol. The molecule has 0 heterocycles. The highest BCUT2D eigenvalue weighted by Crippen LogP contribution is 2.10. The Morgan fingerprint density at radius 2 is 2.00 bits per heavy atom. The van der Waals surface area contributed by atoms with E-state index in [1.807, 2.05) is 0 Å². The molecule has 0 aromatic rings. The van der Waals surface area contributed by atoms with Gasteiger partial charge < -0.3 is 24.6 Å². The standard InChI is InChI=1S/C11H23NO5/c1-11(2,3)17-10(15)12(5-6-16-4)7-9(14)8-13/h9,13-14H,5-8H2,1-4H3/t9-/m1/s1. The maximum Gasteiger partial charge on any atom is 0.410 e. The molecule has 0 aromatic carbocycles. The predicted octanol–water partition coefficient (Wildman–Crippen LogP) is 0.223. The monoisotopic (exact) mass is 249 g/mol. The van der Waals surface area contributed by atoms with Crippen LogP contribution < -0.4 is 0 Å². The molecule has 0 aliphatic carbocycles. The molecule has 1 amide bonds. The lowest BCUT2D eigenvalue weighted by atomic mass is 10.2. The molecule has 1 atom stereocenters. The van der Waals surface area contributed by atoms with Crippen LogP contribution in [0.3, 0.4) is 0 Å². The highest BCUT2D eigenvalue weighted by Gasteiger charge is 2.23. The predicted molar refractivity (Wildman–Crippen MR) is 62.8 cm³/mol. The summed E-state index contributed by atoms with van der Waals surface area (Å²) in [6.45, 7) is 5.58. The number of carbonyl (C=O) groups excluding carboxylic acids is 1. The van der Waals surface area contributed by atoms with Crippen molar-refractivity contribution >= 4 is 6.09 Å². The van der Waals surface area contributed by atoms with Crippen LogP contribution in [0.15, 0.2) is 0 Å². The second-order valence-electron chi connectivity index (χ2n) is 4.76. The molecule has 0 saturated heterocycles. The van der Waals surface area contributed by atoms with Crippen molar-refractivity contribution in [1.29, 1.82) is 0 Å². The largest absolute Gasteiger partial charge is 0.444 e. The number of nitrogens with zero attached hydrogens (tertiary/aromatic N) is 1. The molecule has 2 N–H and O–H groups in total. The third-order valence-corrected chi connectivity index (χ3v) is 1.86. The van der Waals surface area contributed by atoms with Crippen molar-refractivity contribution in [2.45, 2.75) is 32.5 Å². The van der Waals surface area contributed by atoms with E-state index in [2.05, 4.69) is 0 Å². The maximum absolute atomic E-state index is 11.8. The summed E-state index contributed by atoms with van der Waals surface area (Å²) in [5, 5.41) is 18.1. The Morgan fingerprint density at radius 3 is 2.41 bits per heavy atom. The summed E-state index contributed by atoms with van der Waals surface area (Å²) in [7, 11) is 1.52. The van der Waals surface area contributed by atoms with Gasteiger partial charge in [-0.1, -0.05) is 0 Å². The average molecular weight is 249 g/mol. The number of rotatable bonds is 6. The molecule has 0 bridgehead atoms. The van der Waals surface area contributed by atoms with Crippen molar-refractivity contribution in [3.05, 3.63) is 0 Å². The lowest BCUT2D eigenvalue weighted by Gasteiger charge is -2.28. The smallest absolute Gasteiger partial charge is 0.410 e. The van der Waals surface area contributed by atoms with E-state index in [0.29, 0.717) is 13.2 Å². The first-order valence-corrected chi connectivity index (χ1v) is 5.56. The van der Waals surface area contributed by atoms with Gasteiger partial charge in [-0.2, -0.15) is 0 Å². The quantitative estimate of drug-likeness (QED) is 0.704. The number of hydrogen-bond acceptors (Lipinski definition) is 5. The van der Waals surface area contributed by atoms with Crippen LogP contribution in [-0.2, 0) is 9.47 Å². The van der Waals surface area contributed by atoms with Gasteiger partial charge in [0.25, 0.3) is 0 Å². The first-order chi connectivity index (χ1) is 7.80. The van der Waals surface area contributed by atoms with Crippen LogP contribution in [0.1, 0.15) is 20.8 Å². The van der Waals surface area contributed by atoms with Crippen LogP contribution in [0.25, 0.3) is 0 Å². The van der Waals surface area contributed by atoms with E-state index in [0.717, 1.165) is 0 Å². The zero-order chi connectivity index (χ0) is 13.5. The van der Waals surface area contributed by atoms with Gasteiger partial charge in [0.2, 0.25) is 0 Å². The van der Waals surface area contributed by atoms with Gasteiger partial charge in [-0.15, -0.1) is 0 Å². The summed E-state index contributed by atoms with van der Waals surface area (Å²) in [4.78, 5) is 13.1. The van der Waals surface area contributed by atoms with Gasteiger partial charge in [0.15, 0.2) is 0 Å². The fourth-order valence-corrected chi connectivity index (χ4v) is 1.10. The molecule has 102 valence electrons. The van der Waals surface area contributed by atoms with Gasteiger partial charge in [0, 0.05) is 13.7 Å². The van der Waals surface area contributed by atoms with Crippen molar-refractivity contribution in [2.75, 3.05) is 33.4 Å². The zero-order valence-electron chi connectivity index (χ0n) is 11.0. The summed E-state index contributed by atoms with van der Waals surface area (Å²) in [6, 6.07) is 0. The van der Waals surface area contributed by atoms with Gasteiger partial charge in [-0.25, -0.2) is 4.79 Å². The van der Waals surface area contributed by atoms with E-state index in [9.17, 15) is 9.90 Å². The van der Waals surface area contributed by atoms with Gasteiger partial charge in [-0.3, -0.25) is 0 Å². The van der Waals surface area contributed by atoms with Crippen molar-refractivity contribution < 1.29 is 24.5 Å². The van der Waals surface area contributed by atoms with Crippen LogP contribution in [-0.4, -0.2) is 66.3 Å². The summed E-state index contributed by atoms with van der Waals surface area (Å²) >= 11 is 0. The van der Waals surface area contributed by atoms with Crippen LogP contribution in [0.2, 0.25) is 0 Å². The number of carbonyl (C=O) groups is 1. The van der Waals surface area contributed by atoms with E-state index in [1.54, 1.807) is 20.8 Å². The lowest BCUT2D eigenvalue weighted by Crippen LogP contribution is -2.43. The fraction of sp³-hybridized carbons (Fsp3) is 0.909. The van der Waals surface area contributed by atoms with Crippen molar-refractivity contribution in [3.63, 3.8) is 0 Å². The number of ether oxygens (including phenoxy) is 2. The van der Waals surface area contributed by atoms with E-state index < -0.39 is 24.4 Å². The third kappa shape index (κ3) is 7.95. The number of methoxy groups -OCH3 is 1. The average Bonchev–Trinajstić information content (AvgIpc) is 2.21. The topological polar surface area (TPSA) is 79.2 Å². The van der Waals surface area contributed by atoms with Gasteiger partial charge >= 0.3 is 6.09 Å². The van der Waals surface area contributed by atoms with E-state index >= 15 is 0 Å². The first kappa shape index (κ1) is 16.1. The third-order valence-electron chi connectivity index (χ3n) is 1.86. The van der Waals surface area contributed by atoms with E-state index in [-0.39, 0.29) is 6.54 Å². The second kappa shape index (κ2) is 7.47. The van der Waals surface area contributed by atoms with Gasteiger partial charge in [0.05, 0.1) is 25.9 Å². The molecule has 17 heavy (non-hydrogen) atoms. The normalized spacial score (nSPS) is 13.3. The minimum Gasteiger partial charge on any atom is -0.444 e. The van der Waals surface area contributed by atoms with Gasteiger partial charge in [0.1, 0.15) is 5.60 Å². The Hall–Kier alpha value is -0.850. The summed E-state index contributed by atoms with van der Waals surface area (Å²) in [5.41, 5.74) is -0.591. The molecule has 6 heteroatoms. The Labute approximate surface area is 102 Å². The molecule has 0 spiro atoms. The second-order valence-corrected chi connectivity index (χ2v) is 4.76. The SMILES string of the molecule is COCCN(C[C@@H](O)CO)C(=O)OC(C)(C)C. The van der Waals surface area contributed by atoms with Crippen LogP contribution >= 0.6 is 0 Å². The molecule has 0 fully saturated rings. The Morgan fingerprint density at radius 1 is 1.41 bits per heavy atom. The number of amides is 1. The zero-order valence-corrected chi connectivity index (χ0v) is 11.0. The van der Waals surface area contributed by atoms with E-state index in [4.69, 9.17) is 14.6 Å². The van der Waals surface area contributed by atoms with Crippen LogP contribution in [0, 0.1) is 0 Å². The van der Waals surface area contributed by atoms with Crippen molar-refractivity contribution in [1.82, 2.24) is 4.90 Å². The van der Waals surface area contributed by atoms with Crippen LogP contribution in [0.5, 0.6) is 0 Å². The summed E-state index contributed by atoms with van der Waals surface area (Å²) in [5.74, 6) is 0. The minimum absolute atomic E-state index is 0.0226. The number of aliphatic hydroxyl groups excluding tert-OH is 2. The molecule has 0 aliphatic rings. The summed E-state index contributed by atoms with van der Waals surface area (Å²) in [6.07, 6.45) is -1.50. The van der Waals surface area contributed by atoms with Gasteiger partial charge in [-0.05, 0) is 20.8 Å². The molecule has 6 nitrogen and oxygen atoms in total. The molecule has 0 saturated carbocycles. The number of aliphatic hydroxyl groups is 2. The molecule has 0 aliphatic heterocycles. The lowest BCUT2D eigenvalue weighted by molar-refractivity contribution is 0.00219. The van der Waals surface area contributed by atoms with Crippen LogP contribution in [0.4, 0.5) is 4.79 Å². The highest BCUT2D eigenvalue weighted by molar-refractivity contribution is 5.68. The highest BCUT2D eigenvalue weighted by atomic mass is 16.6. The maximum atomic E-state index is 11.8. The van der Waals surface area contributed by atoms with Crippen molar-refractivity contribution in [2.24, 2.45) is 0 Å². The fourth-order valence-electron chi connectivity index (χ4n) is 1.10. The molecular formula is C11H23NO5. The molecule has 0 rings (SSSR count). The number of hydrogen-bond donors (Lipinski definition) is 2. The first-order valence-electron chi connectivity index (χ1n) is 5.56. The van der Waals surface area contributed by atoms with E-state index in [1.165, 1.54) is 12.0 Å². The Balaban J connectivity index is 4.39.